The van der Waals surface area contributed by atoms with E-state index in [-0.39, 0.29) is 5.91 Å². The van der Waals surface area contributed by atoms with E-state index in [4.69, 9.17) is 5.73 Å². The third-order valence-corrected chi connectivity index (χ3v) is 3.45. The van der Waals surface area contributed by atoms with Crippen LogP contribution in [0.25, 0.3) is 0 Å². The van der Waals surface area contributed by atoms with Gasteiger partial charge in [-0.05, 0) is 60.9 Å². The first kappa shape index (κ1) is 11.8. The number of anilines is 2. The Kier molecular flexibility index (Phi) is 2.56. The van der Waals surface area contributed by atoms with Crippen molar-refractivity contribution in [1.29, 1.82) is 0 Å². The standard InChI is InChI=1S/C16H16N2O/c1-10-5-11(2)7-14(6-10)18-9-12-8-13(17)3-4-15(12)16(18)19/h3-8H,9,17H2,1-2H3. The molecule has 19 heavy (non-hydrogen) atoms. The maximum Gasteiger partial charge on any atom is 0.258 e. The Morgan fingerprint density at radius 2 is 1.74 bits per heavy atom. The van der Waals surface area contributed by atoms with Crippen molar-refractivity contribution in [3.63, 3.8) is 0 Å². The van der Waals surface area contributed by atoms with Gasteiger partial charge in [0.2, 0.25) is 0 Å². The molecule has 1 amide bonds. The highest BCUT2D eigenvalue weighted by atomic mass is 16.2. The molecule has 1 aliphatic rings. The minimum atomic E-state index is 0.0556. The molecular formula is C16H16N2O. The number of hydrogen-bond donors (Lipinski definition) is 1. The van der Waals surface area contributed by atoms with Crippen molar-refractivity contribution < 1.29 is 4.79 Å². The summed E-state index contributed by atoms with van der Waals surface area (Å²) in [6, 6.07) is 11.7. The summed E-state index contributed by atoms with van der Waals surface area (Å²) in [5, 5.41) is 0. The first-order valence-corrected chi connectivity index (χ1v) is 6.33. The van der Waals surface area contributed by atoms with Crippen molar-refractivity contribution >= 4 is 17.3 Å². The van der Waals surface area contributed by atoms with E-state index in [1.807, 2.05) is 43.0 Å². The maximum absolute atomic E-state index is 12.4. The van der Waals surface area contributed by atoms with E-state index in [0.29, 0.717) is 12.2 Å². The van der Waals surface area contributed by atoms with Crippen LogP contribution < -0.4 is 10.6 Å². The number of hydrogen-bond acceptors (Lipinski definition) is 2. The molecule has 1 aliphatic heterocycles. The van der Waals surface area contributed by atoms with Crippen LogP contribution in [0.15, 0.2) is 36.4 Å². The molecule has 0 aromatic heterocycles. The van der Waals surface area contributed by atoms with Gasteiger partial charge in [-0.2, -0.15) is 0 Å². The average molecular weight is 252 g/mol. The monoisotopic (exact) mass is 252 g/mol. The van der Waals surface area contributed by atoms with Crippen molar-refractivity contribution in [2.45, 2.75) is 20.4 Å². The summed E-state index contributed by atoms with van der Waals surface area (Å²) in [4.78, 5) is 14.2. The summed E-state index contributed by atoms with van der Waals surface area (Å²) in [7, 11) is 0. The third-order valence-electron chi connectivity index (χ3n) is 3.45. The molecule has 0 aliphatic carbocycles. The molecule has 2 N–H and O–H groups in total. The molecule has 1 heterocycles. The molecule has 0 atom stereocenters. The molecule has 0 saturated heterocycles. The van der Waals surface area contributed by atoms with Crippen molar-refractivity contribution in [3.05, 3.63) is 58.7 Å². The second-order valence-electron chi connectivity index (χ2n) is 5.15. The number of carbonyl (C=O) groups excluding carboxylic acids is 1. The number of carbonyl (C=O) groups is 1. The Morgan fingerprint density at radius 1 is 1.05 bits per heavy atom. The van der Waals surface area contributed by atoms with E-state index in [2.05, 4.69) is 6.07 Å². The highest BCUT2D eigenvalue weighted by Crippen LogP contribution is 2.30. The Morgan fingerprint density at radius 3 is 2.42 bits per heavy atom. The van der Waals surface area contributed by atoms with Gasteiger partial charge in [0.05, 0.1) is 6.54 Å². The fraction of sp³-hybridized carbons (Fsp3) is 0.188. The highest BCUT2D eigenvalue weighted by molar-refractivity contribution is 6.10. The molecular weight excluding hydrogens is 236 g/mol. The van der Waals surface area contributed by atoms with Crippen molar-refractivity contribution in [2.24, 2.45) is 0 Å². The number of rotatable bonds is 1. The maximum atomic E-state index is 12.4. The molecule has 2 aromatic carbocycles. The minimum absolute atomic E-state index is 0.0556. The van der Waals surface area contributed by atoms with E-state index < -0.39 is 0 Å². The van der Waals surface area contributed by atoms with Crippen LogP contribution in [0, 0.1) is 13.8 Å². The zero-order valence-electron chi connectivity index (χ0n) is 11.1. The number of aryl methyl sites for hydroxylation is 2. The predicted molar refractivity (Wildman–Crippen MR) is 77.3 cm³/mol. The quantitative estimate of drug-likeness (QED) is 0.793. The van der Waals surface area contributed by atoms with Gasteiger partial charge in [0.25, 0.3) is 5.91 Å². The largest absolute Gasteiger partial charge is 0.399 e. The second-order valence-corrected chi connectivity index (χ2v) is 5.15. The van der Waals surface area contributed by atoms with Gasteiger partial charge in [-0.15, -0.1) is 0 Å². The topological polar surface area (TPSA) is 46.3 Å². The molecule has 0 fully saturated rings. The fourth-order valence-electron chi connectivity index (χ4n) is 2.66. The summed E-state index contributed by atoms with van der Waals surface area (Å²) >= 11 is 0. The number of nitrogens with zero attached hydrogens (tertiary/aromatic N) is 1. The summed E-state index contributed by atoms with van der Waals surface area (Å²) < 4.78 is 0. The first-order chi connectivity index (χ1) is 9.04. The zero-order valence-corrected chi connectivity index (χ0v) is 11.1. The normalized spacial score (nSPS) is 13.8. The van der Waals surface area contributed by atoms with Gasteiger partial charge in [0.1, 0.15) is 0 Å². The molecule has 0 saturated carbocycles. The van der Waals surface area contributed by atoms with Crippen LogP contribution in [0.1, 0.15) is 27.0 Å². The molecule has 0 bridgehead atoms. The van der Waals surface area contributed by atoms with Crippen LogP contribution in [0.3, 0.4) is 0 Å². The lowest BCUT2D eigenvalue weighted by molar-refractivity contribution is 0.0996. The first-order valence-electron chi connectivity index (χ1n) is 6.33. The second kappa shape index (κ2) is 4.12. The number of nitrogen functional groups attached to an aromatic ring is 1. The van der Waals surface area contributed by atoms with E-state index in [9.17, 15) is 4.79 Å². The van der Waals surface area contributed by atoms with Crippen LogP contribution in [0.5, 0.6) is 0 Å². The number of amides is 1. The van der Waals surface area contributed by atoms with E-state index in [1.165, 1.54) is 11.1 Å². The lowest BCUT2D eigenvalue weighted by Gasteiger charge is -2.17. The van der Waals surface area contributed by atoms with Gasteiger partial charge < -0.3 is 10.6 Å². The number of benzene rings is 2. The molecule has 0 radical (unpaired) electrons. The molecule has 2 aromatic rings. The van der Waals surface area contributed by atoms with Gasteiger partial charge >= 0.3 is 0 Å². The molecule has 96 valence electrons. The summed E-state index contributed by atoms with van der Waals surface area (Å²) in [5.41, 5.74) is 11.5. The van der Waals surface area contributed by atoms with E-state index in [0.717, 1.165) is 16.8 Å². The fourth-order valence-corrected chi connectivity index (χ4v) is 2.66. The predicted octanol–water partition coefficient (Wildman–Crippen LogP) is 3.05. The van der Waals surface area contributed by atoms with Crippen molar-refractivity contribution in [2.75, 3.05) is 10.6 Å². The van der Waals surface area contributed by atoms with Gasteiger partial charge in [0, 0.05) is 16.9 Å². The lowest BCUT2D eigenvalue weighted by Crippen LogP contribution is -2.23. The highest BCUT2D eigenvalue weighted by Gasteiger charge is 2.28. The van der Waals surface area contributed by atoms with Crippen LogP contribution in [-0.4, -0.2) is 5.91 Å². The lowest BCUT2D eigenvalue weighted by atomic mass is 10.1. The third kappa shape index (κ3) is 1.97. The van der Waals surface area contributed by atoms with Crippen molar-refractivity contribution in [1.82, 2.24) is 0 Å². The average Bonchev–Trinajstić information content (AvgIpc) is 2.65. The van der Waals surface area contributed by atoms with Gasteiger partial charge in [-0.1, -0.05) is 6.07 Å². The van der Waals surface area contributed by atoms with E-state index >= 15 is 0 Å². The van der Waals surface area contributed by atoms with Gasteiger partial charge in [-0.3, -0.25) is 4.79 Å². The minimum Gasteiger partial charge on any atom is -0.399 e. The summed E-state index contributed by atoms with van der Waals surface area (Å²) in [6.07, 6.45) is 0. The van der Waals surface area contributed by atoms with Crippen molar-refractivity contribution in [3.8, 4) is 0 Å². The Hall–Kier alpha value is -2.29. The number of fused-ring (bicyclic) bond motifs is 1. The van der Waals surface area contributed by atoms with Crippen LogP contribution >= 0.6 is 0 Å². The van der Waals surface area contributed by atoms with Crippen LogP contribution in [0.4, 0.5) is 11.4 Å². The van der Waals surface area contributed by atoms with Crippen LogP contribution in [0.2, 0.25) is 0 Å². The summed E-state index contributed by atoms with van der Waals surface area (Å²) in [6.45, 7) is 4.69. The van der Waals surface area contributed by atoms with Gasteiger partial charge in [0.15, 0.2) is 0 Å². The molecule has 0 spiro atoms. The molecule has 3 heteroatoms. The molecule has 3 nitrogen and oxygen atoms in total. The Bertz CT molecular complexity index is 656. The Balaban J connectivity index is 2.03. The zero-order chi connectivity index (χ0) is 13.6. The molecule has 3 rings (SSSR count). The van der Waals surface area contributed by atoms with E-state index in [1.54, 1.807) is 6.07 Å². The van der Waals surface area contributed by atoms with Crippen LogP contribution in [-0.2, 0) is 6.54 Å². The smallest absolute Gasteiger partial charge is 0.258 e. The summed E-state index contributed by atoms with van der Waals surface area (Å²) in [5.74, 6) is 0.0556. The Labute approximate surface area is 112 Å². The molecule has 0 unspecified atom stereocenters. The van der Waals surface area contributed by atoms with Gasteiger partial charge in [-0.25, -0.2) is 0 Å². The SMILES string of the molecule is Cc1cc(C)cc(N2Cc3cc(N)ccc3C2=O)c1. The number of nitrogens with two attached hydrogens (primary N) is 1.